The van der Waals surface area contributed by atoms with Gasteiger partial charge in [0.1, 0.15) is 0 Å². The molecule has 158 valence electrons. The average molecular weight is 408 g/mol. The van der Waals surface area contributed by atoms with Gasteiger partial charge in [-0.3, -0.25) is 9.59 Å². The van der Waals surface area contributed by atoms with Crippen molar-refractivity contribution in [2.24, 2.45) is 0 Å². The summed E-state index contributed by atoms with van der Waals surface area (Å²) >= 11 is 0. The van der Waals surface area contributed by atoms with E-state index in [1.165, 1.54) is 23.6 Å². The number of nitrogens with zero attached hydrogens (tertiary/aromatic N) is 4. The number of anilines is 1. The van der Waals surface area contributed by atoms with Crippen molar-refractivity contribution in [2.45, 2.75) is 45.1 Å². The number of aryl methyl sites for hydroxylation is 1. The zero-order valence-electron chi connectivity index (χ0n) is 17.5. The standard InChI is InChI=1S/C23H29N5O2/c1-17-6-5-7-19(16-17)27-14-8-18(9-15-27)26-22(29)20-21(25-11-10-24-20)23(30)28-12-3-2-4-13-28/h5-7,10-11,16,18H,2-4,8-9,12-15H2,1H3,(H,26,29). The van der Waals surface area contributed by atoms with Gasteiger partial charge in [-0.05, 0) is 56.7 Å². The van der Waals surface area contributed by atoms with Crippen LogP contribution >= 0.6 is 0 Å². The number of amides is 2. The van der Waals surface area contributed by atoms with Gasteiger partial charge in [-0.1, -0.05) is 12.1 Å². The summed E-state index contributed by atoms with van der Waals surface area (Å²) < 4.78 is 0. The number of aromatic nitrogens is 2. The molecule has 0 radical (unpaired) electrons. The Kier molecular flexibility index (Phi) is 6.26. The Bertz CT molecular complexity index is 902. The fraction of sp³-hybridized carbons (Fsp3) is 0.478. The number of piperidine rings is 2. The highest BCUT2D eigenvalue weighted by molar-refractivity contribution is 6.04. The summed E-state index contributed by atoms with van der Waals surface area (Å²) in [5.41, 5.74) is 2.77. The predicted octanol–water partition coefficient (Wildman–Crippen LogP) is 2.81. The second-order valence-electron chi connectivity index (χ2n) is 8.18. The SMILES string of the molecule is Cc1cccc(N2CCC(NC(=O)c3nccnc3C(=O)N3CCCCC3)CC2)c1. The number of hydrogen-bond donors (Lipinski definition) is 1. The van der Waals surface area contributed by atoms with Crippen LogP contribution in [0.1, 0.15) is 58.6 Å². The molecule has 0 atom stereocenters. The molecule has 0 aliphatic carbocycles. The summed E-state index contributed by atoms with van der Waals surface area (Å²) in [6.45, 7) is 5.30. The zero-order chi connectivity index (χ0) is 20.9. The van der Waals surface area contributed by atoms with Gasteiger partial charge in [0.2, 0.25) is 0 Å². The second-order valence-corrected chi connectivity index (χ2v) is 8.18. The number of rotatable bonds is 4. The summed E-state index contributed by atoms with van der Waals surface area (Å²) in [7, 11) is 0. The smallest absolute Gasteiger partial charge is 0.274 e. The van der Waals surface area contributed by atoms with E-state index in [1.807, 2.05) is 0 Å². The minimum absolute atomic E-state index is 0.0681. The Hall–Kier alpha value is -2.96. The highest BCUT2D eigenvalue weighted by Gasteiger charge is 2.28. The molecule has 2 aliphatic rings. The number of likely N-dealkylation sites (tertiary alicyclic amines) is 1. The van der Waals surface area contributed by atoms with Crippen molar-refractivity contribution in [2.75, 3.05) is 31.1 Å². The third kappa shape index (κ3) is 4.61. The van der Waals surface area contributed by atoms with Crippen LogP contribution in [0, 0.1) is 6.92 Å². The lowest BCUT2D eigenvalue weighted by Crippen LogP contribution is -2.45. The van der Waals surface area contributed by atoms with E-state index in [1.54, 1.807) is 4.90 Å². The molecule has 0 bridgehead atoms. The van der Waals surface area contributed by atoms with Crippen molar-refractivity contribution in [1.29, 1.82) is 0 Å². The molecule has 2 saturated heterocycles. The molecule has 2 fully saturated rings. The van der Waals surface area contributed by atoms with Crippen LogP contribution in [0.3, 0.4) is 0 Å². The van der Waals surface area contributed by atoms with Gasteiger partial charge in [-0.15, -0.1) is 0 Å². The van der Waals surface area contributed by atoms with E-state index in [4.69, 9.17) is 0 Å². The Balaban J connectivity index is 1.38. The van der Waals surface area contributed by atoms with Crippen LogP contribution in [-0.4, -0.2) is 58.9 Å². The molecule has 2 aliphatic heterocycles. The highest BCUT2D eigenvalue weighted by atomic mass is 16.2. The Labute approximate surface area is 177 Å². The summed E-state index contributed by atoms with van der Waals surface area (Å²) in [4.78, 5) is 38.3. The van der Waals surface area contributed by atoms with Gasteiger partial charge in [-0.25, -0.2) is 9.97 Å². The van der Waals surface area contributed by atoms with Crippen molar-refractivity contribution < 1.29 is 9.59 Å². The molecule has 3 heterocycles. The first-order chi connectivity index (χ1) is 14.6. The third-order valence-corrected chi connectivity index (χ3v) is 5.96. The summed E-state index contributed by atoms with van der Waals surface area (Å²) in [5.74, 6) is -0.500. The number of nitrogens with one attached hydrogen (secondary N) is 1. The van der Waals surface area contributed by atoms with Crippen molar-refractivity contribution in [3.63, 3.8) is 0 Å². The van der Waals surface area contributed by atoms with Gasteiger partial charge in [-0.2, -0.15) is 0 Å². The first-order valence-corrected chi connectivity index (χ1v) is 10.8. The molecule has 1 N–H and O–H groups in total. The molecule has 2 aromatic rings. The van der Waals surface area contributed by atoms with Gasteiger partial charge < -0.3 is 15.1 Å². The Morgan fingerprint density at radius 1 is 0.967 bits per heavy atom. The second kappa shape index (κ2) is 9.24. The third-order valence-electron chi connectivity index (χ3n) is 5.96. The number of benzene rings is 1. The lowest BCUT2D eigenvalue weighted by atomic mass is 10.0. The summed E-state index contributed by atoms with van der Waals surface area (Å²) in [6.07, 6.45) is 7.79. The first-order valence-electron chi connectivity index (χ1n) is 10.8. The zero-order valence-corrected chi connectivity index (χ0v) is 17.5. The molecule has 0 unspecified atom stereocenters. The molecule has 1 aromatic heterocycles. The molecule has 1 aromatic carbocycles. The Morgan fingerprint density at radius 3 is 2.37 bits per heavy atom. The normalized spacial score (nSPS) is 17.6. The monoisotopic (exact) mass is 407 g/mol. The summed E-state index contributed by atoms with van der Waals surface area (Å²) in [5, 5.41) is 3.08. The van der Waals surface area contributed by atoms with Gasteiger partial charge in [0.05, 0.1) is 0 Å². The van der Waals surface area contributed by atoms with Crippen molar-refractivity contribution >= 4 is 17.5 Å². The number of carbonyl (C=O) groups excluding carboxylic acids is 2. The van der Waals surface area contributed by atoms with Gasteiger partial charge in [0, 0.05) is 50.3 Å². The molecular formula is C23H29N5O2. The van der Waals surface area contributed by atoms with Crippen LogP contribution in [0.4, 0.5) is 5.69 Å². The molecule has 0 saturated carbocycles. The van der Waals surface area contributed by atoms with Gasteiger partial charge >= 0.3 is 0 Å². The highest BCUT2D eigenvalue weighted by Crippen LogP contribution is 2.21. The maximum atomic E-state index is 12.9. The van der Waals surface area contributed by atoms with Crippen molar-refractivity contribution in [1.82, 2.24) is 20.2 Å². The Morgan fingerprint density at radius 2 is 1.67 bits per heavy atom. The van der Waals surface area contributed by atoms with E-state index < -0.39 is 0 Å². The van der Waals surface area contributed by atoms with E-state index in [9.17, 15) is 9.59 Å². The van der Waals surface area contributed by atoms with E-state index in [2.05, 4.69) is 51.4 Å². The van der Waals surface area contributed by atoms with Crippen LogP contribution < -0.4 is 10.2 Å². The molecule has 4 rings (SSSR count). The molecule has 30 heavy (non-hydrogen) atoms. The lowest BCUT2D eigenvalue weighted by molar-refractivity contribution is 0.0710. The quantitative estimate of drug-likeness (QED) is 0.843. The average Bonchev–Trinajstić information content (AvgIpc) is 2.79. The van der Waals surface area contributed by atoms with Crippen LogP contribution in [0.25, 0.3) is 0 Å². The van der Waals surface area contributed by atoms with E-state index in [0.29, 0.717) is 13.1 Å². The molecule has 7 nitrogen and oxygen atoms in total. The molecule has 7 heteroatoms. The van der Waals surface area contributed by atoms with Gasteiger partial charge in [0.15, 0.2) is 11.4 Å². The van der Waals surface area contributed by atoms with Crippen LogP contribution in [-0.2, 0) is 0 Å². The molecule has 2 amide bonds. The minimum atomic E-state index is -0.308. The van der Waals surface area contributed by atoms with E-state index in [-0.39, 0.29) is 29.2 Å². The van der Waals surface area contributed by atoms with Crippen molar-refractivity contribution in [3.8, 4) is 0 Å². The van der Waals surface area contributed by atoms with Crippen LogP contribution in [0.15, 0.2) is 36.7 Å². The lowest BCUT2D eigenvalue weighted by Gasteiger charge is -2.34. The van der Waals surface area contributed by atoms with E-state index >= 15 is 0 Å². The molecule has 0 spiro atoms. The first kappa shape index (κ1) is 20.3. The minimum Gasteiger partial charge on any atom is -0.371 e. The fourth-order valence-electron chi connectivity index (χ4n) is 4.27. The largest absolute Gasteiger partial charge is 0.371 e. The maximum absolute atomic E-state index is 12.9. The topological polar surface area (TPSA) is 78.4 Å². The number of hydrogen-bond acceptors (Lipinski definition) is 5. The number of carbonyl (C=O) groups is 2. The maximum Gasteiger partial charge on any atom is 0.274 e. The molecular weight excluding hydrogens is 378 g/mol. The fourth-order valence-corrected chi connectivity index (χ4v) is 4.27. The van der Waals surface area contributed by atoms with Crippen LogP contribution in [0.5, 0.6) is 0 Å². The summed E-state index contributed by atoms with van der Waals surface area (Å²) in [6, 6.07) is 8.56. The van der Waals surface area contributed by atoms with Gasteiger partial charge in [0.25, 0.3) is 11.8 Å². The van der Waals surface area contributed by atoms with E-state index in [0.717, 1.165) is 45.2 Å². The van der Waals surface area contributed by atoms with Crippen LogP contribution in [0.2, 0.25) is 0 Å². The predicted molar refractivity (Wildman–Crippen MR) is 116 cm³/mol. The van der Waals surface area contributed by atoms with Crippen molar-refractivity contribution in [3.05, 3.63) is 53.6 Å².